The second kappa shape index (κ2) is 11.4. The van der Waals surface area contributed by atoms with Crippen LogP contribution in [0.25, 0.3) is 0 Å². The zero-order chi connectivity index (χ0) is 27.4. The molecular weight excluding hydrogens is 565 g/mol. The van der Waals surface area contributed by atoms with Gasteiger partial charge in [0, 0.05) is 31.0 Å². The van der Waals surface area contributed by atoms with Gasteiger partial charge >= 0.3 is 0 Å². The summed E-state index contributed by atoms with van der Waals surface area (Å²) < 4.78 is 66.6. The smallest absolute Gasteiger partial charge is 0.269 e. The molecule has 0 saturated carbocycles. The molecule has 0 aliphatic heterocycles. The van der Waals surface area contributed by atoms with Crippen molar-refractivity contribution < 1.29 is 26.0 Å². The summed E-state index contributed by atoms with van der Waals surface area (Å²) >= 11 is 11.2. The van der Waals surface area contributed by atoms with Crippen LogP contribution in [0.4, 0.5) is 15.8 Å². The van der Waals surface area contributed by atoms with E-state index in [0.29, 0.717) is 5.69 Å². The molecule has 0 aliphatic carbocycles. The summed E-state index contributed by atoms with van der Waals surface area (Å²) in [5.74, 6) is -1.27. The first kappa shape index (κ1) is 28.3. The maximum Gasteiger partial charge on any atom is 0.269 e. The lowest BCUT2D eigenvalue weighted by molar-refractivity contribution is 0.0944. The number of thiocarbonyl (C=S) groups is 1. The number of carbonyl (C=O) groups is 1. The van der Waals surface area contributed by atoms with Crippen LogP contribution in [-0.4, -0.2) is 46.3 Å². The SMILES string of the molecule is CN(C)S(=O)(=O)c1cccc(NC(=S)NNC(=O)c2ccc(Cl)c(S(=O)(=O)Nc3ccc(F)cc3)c2)c1. The van der Waals surface area contributed by atoms with Crippen molar-refractivity contribution in [2.75, 3.05) is 24.1 Å². The van der Waals surface area contributed by atoms with E-state index in [1.54, 1.807) is 6.07 Å². The van der Waals surface area contributed by atoms with Crippen LogP contribution in [0, 0.1) is 5.82 Å². The average molecular weight is 586 g/mol. The van der Waals surface area contributed by atoms with E-state index in [4.69, 9.17) is 23.8 Å². The van der Waals surface area contributed by atoms with Crippen LogP contribution in [0.1, 0.15) is 10.4 Å². The molecule has 0 atom stereocenters. The quantitative estimate of drug-likeness (QED) is 0.245. The van der Waals surface area contributed by atoms with Crippen LogP contribution in [-0.2, 0) is 20.0 Å². The molecule has 37 heavy (non-hydrogen) atoms. The van der Waals surface area contributed by atoms with Crippen molar-refractivity contribution in [3.05, 3.63) is 83.1 Å². The average Bonchev–Trinajstić information content (AvgIpc) is 2.84. The maximum absolute atomic E-state index is 13.1. The zero-order valence-electron chi connectivity index (χ0n) is 19.3. The minimum absolute atomic E-state index is 0.0403. The number of benzene rings is 3. The number of sulfonamides is 2. The lowest BCUT2D eigenvalue weighted by Crippen LogP contribution is -2.43. The predicted octanol–water partition coefficient (Wildman–Crippen LogP) is 3.16. The molecule has 3 aromatic rings. The largest absolute Gasteiger partial charge is 0.331 e. The molecule has 0 fully saturated rings. The number of halogens is 2. The fraction of sp³-hybridized carbons (Fsp3) is 0.0909. The molecule has 0 saturated heterocycles. The molecule has 0 heterocycles. The van der Waals surface area contributed by atoms with Gasteiger partial charge in [-0.1, -0.05) is 17.7 Å². The van der Waals surface area contributed by atoms with E-state index in [-0.39, 0.29) is 31.2 Å². The fourth-order valence-corrected chi connectivity index (χ4v) is 5.57. The Labute approximate surface area is 223 Å². The van der Waals surface area contributed by atoms with Crippen LogP contribution < -0.4 is 20.9 Å². The van der Waals surface area contributed by atoms with Gasteiger partial charge in [0.05, 0.1) is 9.92 Å². The van der Waals surface area contributed by atoms with Crippen LogP contribution in [0.3, 0.4) is 0 Å². The summed E-state index contributed by atoms with van der Waals surface area (Å²) in [4.78, 5) is 12.3. The third kappa shape index (κ3) is 7.14. The van der Waals surface area contributed by atoms with Crippen LogP contribution in [0.2, 0.25) is 5.02 Å². The first-order valence-corrected chi connectivity index (χ1v) is 14.0. The maximum atomic E-state index is 13.1. The number of carbonyl (C=O) groups excluding carboxylic acids is 1. The molecular formula is C22H21ClFN5O5S3. The van der Waals surface area contributed by atoms with E-state index in [1.807, 2.05) is 0 Å². The number of anilines is 2. The van der Waals surface area contributed by atoms with Crippen molar-refractivity contribution in [3.8, 4) is 0 Å². The highest BCUT2D eigenvalue weighted by atomic mass is 35.5. The van der Waals surface area contributed by atoms with Crippen molar-refractivity contribution in [2.45, 2.75) is 9.79 Å². The first-order chi connectivity index (χ1) is 17.3. The topological polar surface area (TPSA) is 137 Å². The number of nitrogens with one attached hydrogen (secondary N) is 4. The highest BCUT2D eigenvalue weighted by molar-refractivity contribution is 7.92. The van der Waals surface area contributed by atoms with Crippen molar-refractivity contribution in [2.24, 2.45) is 0 Å². The summed E-state index contributed by atoms with van der Waals surface area (Å²) in [6.45, 7) is 0. The normalized spacial score (nSPS) is 11.6. The summed E-state index contributed by atoms with van der Waals surface area (Å²) in [6.07, 6.45) is 0. The number of hydrogen-bond donors (Lipinski definition) is 4. The fourth-order valence-electron chi connectivity index (χ4n) is 2.87. The molecule has 3 rings (SSSR count). The Hall–Kier alpha value is -3.30. The molecule has 3 aromatic carbocycles. The molecule has 0 aliphatic rings. The lowest BCUT2D eigenvalue weighted by Gasteiger charge is -2.15. The van der Waals surface area contributed by atoms with Crippen LogP contribution in [0.5, 0.6) is 0 Å². The number of rotatable bonds is 7. The van der Waals surface area contributed by atoms with Gasteiger partial charge in [0.1, 0.15) is 10.7 Å². The van der Waals surface area contributed by atoms with Gasteiger partial charge in [-0.2, -0.15) is 0 Å². The molecule has 4 N–H and O–H groups in total. The summed E-state index contributed by atoms with van der Waals surface area (Å²) in [6, 6.07) is 14.2. The molecule has 0 spiro atoms. The monoisotopic (exact) mass is 585 g/mol. The highest BCUT2D eigenvalue weighted by Crippen LogP contribution is 2.25. The minimum Gasteiger partial charge on any atom is -0.331 e. The van der Waals surface area contributed by atoms with E-state index in [9.17, 15) is 26.0 Å². The first-order valence-electron chi connectivity index (χ1n) is 10.3. The van der Waals surface area contributed by atoms with E-state index in [0.717, 1.165) is 22.5 Å². The molecule has 0 radical (unpaired) electrons. The third-order valence-corrected chi connectivity index (χ3v) is 8.62. The summed E-state index contributed by atoms with van der Waals surface area (Å²) in [7, 11) is -5.05. The van der Waals surface area contributed by atoms with E-state index in [2.05, 4.69) is 20.9 Å². The van der Waals surface area contributed by atoms with Gasteiger partial charge in [-0.15, -0.1) is 0 Å². The number of hydrazine groups is 1. The molecule has 0 aromatic heterocycles. The standard InChI is InChI=1S/C22H21ClFN5O5S3/c1-29(2)37(33,34)18-5-3-4-17(13-18)25-22(35)27-26-21(30)14-6-11-19(23)20(12-14)36(31,32)28-16-9-7-15(24)8-10-16/h3-13,28H,1-2H3,(H,26,30)(H2,25,27,35). The van der Waals surface area contributed by atoms with Gasteiger partial charge in [0.15, 0.2) is 5.11 Å². The van der Waals surface area contributed by atoms with Crippen molar-refractivity contribution in [3.63, 3.8) is 0 Å². The second-order valence-electron chi connectivity index (χ2n) is 7.61. The van der Waals surface area contributed by atoms with Crippen molar-refractivity contribution in [1.29, 1.82) is 0 Å². The van der Waals surface area contributed by atoms with Gasteiger partial charge in [-0.05, 0) is 72.9 Å². The number of amides is 1. The highest BCUT2D eigenvalue weighted by Gasteiger charge is 2.21. The Morgan fingerprint density at radius 3 is 2.24 bits per heavy atom. The third-order valence-electron chi connectivity index (χ3n) is 4.74. The molecule has 0 unspecified atom stereocenters. The zero-order valence-corrected chi connectivity index (χ0v) is 22.5. The van der Waals surface area contributed by atoms with E-state index >= 15 is 0 Å². The summed E-state index contributed by atoms with van der Waals surface area (Å²) in [5.41, 5.74) is 5.17. The Balaban J connectivity index is 1.68. The van der Waals surface area contributed by atoms with Gasteiger partial charge in [-0.3, -0.25) is 20.4 Å². The Bertz CT molecular complexity index is 1550. The van der Waals surface area contributed by atoms with Gasteiger partial charge in [0.2, 0.25) is 10.0 Å². The van der Waals surface area contributed by atoms with Crippen molar-refractivity contribution >= 4 is 66.3 Å². The number of hydrogen-bond acceptors (Lipinski definition) is 6. The number of nitrogens with zero attached hydrogens (tertiary/aromatic N) is 1. The Kier molecular flexibility index (Phi) is 8.71. The van der Waals surface area contributed by atoms with Crippen LogP contribution >= 0.6 is 23.8 Å². The Morgan fingerprint density at radius 2 is 1.59 bits per heavy atom. The lowest BCUT2D eigenvalue weighted by atomic mass is 10.2. The molecule has 196 valence electrons. The molecule has 15 heteroatoms. The molecule has 0 bridgehead atoms. The second-order valence-corrected chi connectivity index (χ2v) is 12.2. The molecule has 10 nitrogen and oxygen atoms in total. The Morgan fingerprint density at radius 1 is 0.919 bits per heavy atom. The minimum atomic E-state index is -4.20. The van der Waals surface area contributed by atoms with Gasteiger partial charge in [-0.25, -0.2) is 25.5 Å². The van der Waals surface area contributed by atoms with Crippen LogP contribution in [0.15, 0.2) is 76.5 Å². The van der Waals surface area contributed by atoms with Crippen molar-refractivity contribution in [1.82, 2.24) is 15.2 Å². The molecule has 1 amide bonds. The predicted molar refractivity (Wildman–Crippen MR) is 143 cm³/mol. The van der Waals surface area contributed by atoms with E-state index in [1.165, 1.54) is 56.6 Å². The summed E-state index contributed by atoms with van der Waals surface area (Å²) in [5, 5.41) is 2.55. The van der Waals surface area contributed by atoms with Gasteiger partial charge in [0.25, 0.3) is 15.9 Å². The van der Waals surface area contributed by atoms with E-state index < -0.39 is 31.8 Å². The van der Waals surface area contributed by atoms with Gasteiger partial charge < -0.3 is 5.32 Å².